The molecule has 0 unspecified atom stereocenters. The second kappa shape index (κ2) is 7.79. The molecule has 0 aliphatic rings. The Morgan fingerprint density at radius 2 is 1.70 bits per heavy atom. The van der Waals surface area contributed by atoms with Crippen LogP contribution < -0.4 is 4.74 Å². The number of aliphatic hydroxyl groups excluding tert-OH is 1. The van der Waals surface area contributed by atoms with Crippen LogP contribution in [0.25, 0.3) is 5.76 Å². The molecule has 2 aromatic rings. The topological polar surface area (TPSA) is 72.8 Å². The van der Waals surface area contributed by atoms with Crippen molar-refractivity contribution >= 4 is 17.5 Å². The molecule has 0 aromatic heterocycles. The molecule has 5 heteroatoms. The van der Waals surface area contributed by atoms with E-state index < -0.39 is 11.8 Å². The van der Waals surface area contributed by atoms with Crippen LogP contribution >= 0.6 is 0 Å². The SMILES string of the molecule is COC(=O)C(=O)C=C(O)c1ccccc1OCc1ccccc1. The third kappa shape index (κ3) is 4.44. The molecule has 0 saturated carbocycles. The first-order chi connectivity index (χ1) is 11.1. The molecule has 1 N–H and O–H groups in total. The fourth-order valence-corrected chi connectivity index (χ4v) is 1.90. The number of benzene rings is 2. The number of para-hydroxylation sites is 1. The summed E-state index contributed by atoms with van der Waals surface area (Å²) in [6, 6.07) is 16.2. The van der Waals surface area contributed by atoms with Gasteiger partial charge in [-0.2, -0.15) is 0 Å². The van der Waals surface area contributed by atoms with Gasteiger partial charge in [-0.1, -0.05) is 42.5 Å². The monoisotopic (exact) mass is 312 g/mol. The lowest BCUT2D eigenvalue weighted by atomic mass is 10.1. The largest absolute Gasteiger partial charge is 0.507 e. The van der Waals surface area contributed by atoms with Gasteiger partial charge in [0.15, 0.2) is 0 Å². The summed E-state index contributed by atoms with van der Waals surface area (Å²) < 4.78 is 9.99. The highest BCUT2D eigenvalue weighted by atomic mass is 16.5. The van der Waals surface area contributed by atoms with E-state index in [0.717, 1.165) is 18.7 Å². The Labute approximate surface area is 133 Å². The predicted molar refractivity (Wildman–Crippen MR) is 84.8 cm³/mol. The molecule has 0 saturated heterocycles. The van der Waals surface area contributed by atoms with Gasteiger partial charge in [0, 0.05) is 6.08 Å². The van der Waals surface area contributed by atoms with Crippen molar-refractivity contribution in [3.63, 3.8) is 0 Å². The van der Waals surface area contributed by atoms with E-state index in [1.807, 2.05) is 30.3 Å². The van der Waals surface area contributed by atoms with Crippen LogP contribution in [-0.4, -0.2) is 24.0 Å². The van der Waals surface area contributed by atoms with Gasteiger partial charge in [0.25, 0.3) is 5.78 Å². The molecule has 0 radical (unpaired) electrons. The van der Waals surface area contributed by atoms with Crippen LogP contribution in [0.15, 0.2) is 60.7 Å². The third-order valence-electron chi connectivity index (χ3n) is 3.05. The summed E-state index contributed by atoms with van der Waals surface area (Å²) in [5, 5.41) is 10.1. The zero-order valence-corrected chi connectivity index (χ0v) is 12.6. The van der Waals surface area contributed by atoms with Gasteiger partial charge in [-0.05, 0) is 17.7 Å². The Morgan fingerprint density at radius 3 is 2.39 bits per heavy atom. The van der Waals surface area contributed by atoms with E-state index >= 15 is 0 Å². The minimum Gasteiger partial charge on any atom is -0.507 e. The maximum absolute atomic E-state index is 11.5. The van der Waals surface area contributed by atoms with E-state index in [0.29, 0.717) is 17.9 Å². The first-order valence-corrected chi connectivity index (χ1v) is 6.91. The van der Waals surface area contributed by atoms with Crippen molar-refractivity contribution in [2.75, 3.05) is 7.11 Å². The summed E-state index contributed by atoms with van der Waals surface area (Å²) in [5.74, 6) is -1.94. The summed E-state index contributed by atoms with van der Waals surface area (Å²) in [7, 11) is 1.10. The van der Waals surface area contributed by atoms with Gasteiger partial charge in [-0.25, -0.2) is 4.79 Å². The van der Waals surface area contributed by atoms with E-state index in [4.69, 9.17) is 4.74 Å². The van der Waals surface area contributed by atoms with Gasteiger partial charge in [0.2, 0.25) is 0 Å². The van der Waals surface area contributed by atoms with Gasteiger partial charge in [-0.15, -0.1) is 0 Å². The minimum absolute atomic E-state index is 0.316. The zero-order valence-electron chi connectivity index (χ0n) is 12.6. The van der Waals surface area contributed by atoms with E-state index in [9.17, 15) is 14.7 Å². The number of carbonyl (C=O) groups excluding carboxylic acids is 2. The fraction of sp³-hybridized carbons (Fsp3) is 0.111. The maximum Gasteiger partial charge on any atom is 0.378 e. The van der Waals surface area contributed by atoms with Crippen molar-refractivity contribution in [2.45, 2.75) is 6.61 Å². The fourth-order valence-electron chi connectivity index (χ4n) is 1.90. The van der Waals surface area contributed by atoms with Crippen molar-refractivity contribution in [2.24, 2.45) is 0 Å². The summed E-state index contributed by atoms with van der Waals surface area (Å²) in [6.45, 7) is 0.316. The standard InChI is InChI=1S/C18H16O5/c1-22-18(21)16(20)11-15(19)14-9-5-6-10-17(14)23-12-13-7-3-2-4-8-13/h2-11,19H,12H2,1H3. The molecular weight excluding hydrogens is 296 g/mol. The Morgan fingerprint density at radius 1 is 1.04 bits per heavy atom. The Balaban J connectivity index is 2.18. The molecule has 118 valence electrons. The molecule has 23 heavy (non-hydrogen) atoms. The molecule has 5 nitrogen and oxygen atoms in total. The lowest BCUT2D eigenvalue weighted by Crippen LogP contribution is -2.13. The predicted octanol–water partition coefficient (Wildman–Crippen LogP) is 2.91. The van der Waals surface area contributed by atoms with Crippen molar-refractivity contribution in [3.05, 3.63) is 71.8 Å². The minimum atomic E-state index is -1.04. The molecule has 0 aliphatic carbocycles. The van der Waals surface area contributed by atoms with E-state index in [-0.39, 0.29) is 5.76 Å². The lowest BCUT2D eigenvalue weighted by molar-refractivity contribution is -0.149. The second-order valence-electron chi connectivity index (χ2n) is 4.66. The smallest absolute Gasteiger partial charge is 0.378 e. The van der Waals surface area contributed by atoms with Gasteiger partial charge >= 0.3 is 5.97 Å². The number of methoxy groups -OCH3 is 1. The number of esters is 1. The zero-order chi connectivity index (χ0) is 16.7. The van der Waals surface area contributed by atoms with E-state index in [1.165, 1.54) is 0 Å². The Kier molecular flexibility index (Phi) is 5.52. The van der Waals surface area contributed by atoms with Crippen molar-refractivity contribution < 1.29 is 24.2 Å². The van der Waals surface area contributed by atoms with Crippen LogP contribution in [0.3, 0.4) is 0 Å². The quantitative estimate of drug-likeness (QED) is 0.384. The highest BCUT2D eigenvalue weighted by molar-refractivity contribution is 6.39. The molecule has 0 heterocycles. The molecule has 0 atom stereocenters. The summed E-state index contributed by atoms with van der Waals surface area (Å²) in [4.78, 5) is 22.6. The lowest BCUT2D eigenvalue weighted by Gasteiger charge is -2.11. The second-order valence-corrected chi connectivity index (χ2v) is 4.66. The molecule has 0 spiro atoms. The number of ketones is 1. The van der Waals surface area contributed by atoms with Gasteiger partial charge in [-0.3, -0.25) is 4.79 Å². The van der Waals surface area contributed by atoms with Crippen LogP contribution in [0.2, 0.25) is 0 Å². The molecule has 0 amide bonds. The highest BCUT2D eigenvalue weighted by Crippen LogP contribution is 2.25. The highest BCUT2D eigenvalue weighted by Gasteiger charge is 2.15. The average Bonchev–Trinajstić information content (AvgIpc) is 2.60. The summed E-state index contributed by atoms with van der Waals surface area (Å²) in [5.41, 5.74) is 1.29. The van der Waals surface area contributed by atoms with Gasteiger partial charge in [0.1, 0.15) is 18.1 Å². The first-order valence-electron chi connectivity index (χ1n) is 6.91. The Hall–Kier alpha value is -3.08. The molecule has 0 bridgehead atoms. The molecule has 2 aromatic carbocycles. The van der Waals surface area contributed by atoms with E-state index in [1.54, 1.807) is 24.3 Å². The van der Waals surface area contributed by atoms with E-state index in [2.05, 4.69) is 4.74 Å². The van der Waals surface area contributed by atoms with Crippen molar-refractivity contribution in [1.82, 2.24) is 0 Å². The van der Waals surface area contributed by atoms with Crippen LogP contribution in [0.5, 0.6) is 5.75 Å². The number of rotatable bonds is 6. The summed E-state index contributed by atoms with van der Waals surface area (Å²) in [6.07, 6.45) is 0.816. The number of hydrogen-bond donors (Lipinski definition) is 1. The average molecular weight is 312 g/mol. The normalized spacial score (nSPS) is 10.9. The molecule has 2 rings (SSSR count). The number of aliphatic hydroxyl groups is 1. The van der Waals surface area contributed by atoms with Crippen LogP contribution in [0, 0.1) is 0 Å². The van der Waals surface area contributed by atoms with Crippen molar-refractivity contribution in [3.8, 4) is 5.75 Å². The van der Waals surface area contributed by atoms with Crippen LogP contribution in [0.1, 0.15) is 11.1 Å². The third-order valence-corrected chi connectivity index (χ3v) is 3.05. The van der Waals surface area contributed by atoms with Crippen molar-refractivity contribution in [1.29, 1.82) is 0 Å². The number of carbonyl (C=O) groups is 2. The van der Waals surface area contributed by atoms with Gasteiger partial charge in [0.05, 0.1) is 12.7 Å². The Bertz CT molecular complexity index is 719. The van der Waals surface area contributed by atoms with Gasteiger partial charge < -0.3 is 14.6 Å². The number of ether oxygens (including phenoxy) is 2. The summed E-state index contributed by atoms with van der Waals surface area (Å²) >= 11 is 0. The molecular formula is C18H16O5. The van der Waals surface area contributed by atoms with Crippen LogP contribution in [0.4, 0.5) is 0 Å². The molecule has 0 aliphatic heterocycles. The first kappa shape index (κ1) is 16.3. The maximum atomic E-state index is 11.5. The van der Waals surface area contributed by atoms with Crippen LogP contribution in [-0.2, 0) is 20.9 Å². The number of hydrogen-bond acceptors (Lipinski definition) is 5. The molecule has 0 fully saturated rings.